The summed E-state index contributed by atoms with van der Waals surface area (Å²) >= 11 is 0. The van der Waals surface area contributed by atoms with Crippen LogP contribution in [0.5, 0.6) is 0 Å². The van der Waals surface area contributed by atoms with Crippen LogP contribution in [0.4, 0.5) is 0 Å². The number of carbonyl (C=O) groups is 3. The van der Waals surface area contributed by atoms with Crippen molar-refractivity contribution in [1.82, 2.24) is 0 Å². The summed E-state index contributed by atoms with van der Waals surface area (Å²) in [5.41, 5.74) is 0. The second-order valence-electron chi connectivity index (χ2n) is 20.6. The van der Waals surface area contributed by atoms with Crippen LogP contribution >= 0.6 is 0 Å². The Labute approximate surface area is 469 Å². The molecule has 0 fully saturated rings. The molecule has 6 heteroatoms. The number of esters is 3. The van der Waals surface area contributed by atoms with Gasteiger partial charge in [-0.3, -0.25) is 14.4 Å². The molecule has 1 atom stereocenters. The third-order valence-corrected chi connectivity index (χ3v) is 13.2. The molecular weight excluding hydrogens is 937 g/mol. The van der Waals surface area contributed by atoms with E-state index in [4.69, 9.17) is 14.2 Å². The van der Waals surface area contributed by atoms with E-state index in [1.165, 1.54) is 135 Å². The number of hydrogen-bond acceptors (Lipinski definition) is 6. The molecule has 0 aliphatic carbocycles. The molecule has 76 heavy (non-hydrogen) atoms. The van der Waals surface area contributed by atoms with Gasteiger partial charge in [0.1, 0.15) is 13.2 Å². The first kappa shape index (κ1) is 71.8. The predicted molar refractivity (Wildman–Crippen MR) is 330 cm³/mol. The molecule has 0 heterocycles. The minimum Gasteiger partial charge on any atom is -0.462 e. The Morgan fingerprint density at radius 1 is 0.276 bits per heavy atom. The Hall–Kier alpha value is -4.19. The van der Waals surface area contributed by atoms with Crippen LogP contribution in [0, 0.1) is 0 Å². The highest BCUT2D eigenvalue weighted by atomic mass is 16.6. The Kier molecular flexibility index (Phi) is 59.9. The van der Waals surface area contributed by atoms with Gasteiger partial charge < -0.3 is 14.2 Å². The first-order chi connectivity index (χ1) is 37.5. The highest BCUT2D eigenvalue weighted by Crippen LogP contribution is 2.15. The van der Waals surface area contributed by atoms with Gasteiger partial charge in [0.05, 0.1) is 0 Å². The summed E-state index contributed by atoms with van der Waals surface area (Å²) in [5, 5.41) is 0. The summed E-state index contributed by atoms with van der Waals surface area (Å²) in [4.78, 5) is 38.1. The van der Waals surface area contributed by atoms with Crippen LogP contribution in [0.15, 0.2) is 122 Å². The molecule has 0 saturated carbocycles. The van der Waals surface area contributed by atoms with Gasteiger partial charge in [-0.05, 0) is 109 Å². The van der Waals surface area contributed by atoms with E-state index < -0.39 is 6.10 Å². The predicted octanol–water partition coefficient (Wildman–Crippen LogP) is 21.6. The maximum atomic E-state index is 12.8. The van der Waals surface area contributed by atoms with E-state index in [9.17, 15) is 14.4 Å². The summed E-state index contributed by atoms with van der Waals surface area (Å²) in [7, 11) is 0. The van der Waals surface area contributed by atoms with Crippen molar-refractivity contribution < 1.29 is 28.6 Å². The topological polar surface area (TPSA) is 78.9 Å². The number of unbranched alkanes of at least 4 members (excludes halogenated alkanes) is 25. The van der Waals surface area contributed by atoms with Crippen LogP contribution in [0.1, 0.15) is 284 Å². The summed E-state index contributed by atoms with van der Waals surface area (Å²) in [6.45, 7) is 6.44. The van der Waals surface area contributed by atoms with Crippen molar-refractivity contribution in [2.75, 3.05) is 13.2 Å². The van der Waals surface area contributed by atoms with Gasteiger partial charge in [-0.2, -0.15) is 0 Å². The highest BCUT2D eigenvalue weighted by molar-refractivity contribution is 5.71. The van der Waals surface area contributed by atoms with Crippen LogP contribution in [-0.4, -0.2) is 37.2 Å². The molecule has 0 rings (SSSR count). The van der Waals surface area contributed by atoms with Crippen molar-refractivity contribution in [2.45, 2.75) is 290 Å². The number of carbonyl (C=O) groups excluding carboxylic acids is 3. The first-order valence-corrected chi connectivity index (χ1v) is 31.5. The Bertz CT molecular complexity index is 1590. The average molecular weight is 1050 g/mol. The largest absolute Gasteiger partial charge is 0.462 e. The monoisotopic (exact) mass is 1050 g/mol. The molecule has 432 valence electrons. The van der Waals surface area contributed by atoms with Gasteiger partial charge in [0.15, 0.2) is 6.10 Å². The second kappa shape index (κ2) is 63.3. The van der Waals surface area contributed by atoms with E-state index in [-0.39, 0.29) is 37.5 Å². The van der Waals surface area contributed by atoms with E-state index in [0.717, 1.165) is 103 Å². The molecule has 0 aromatic rings. The maximum absolute atomic E-state index is 12.8. The minimum atomic E-state index is -0.810. The zero-order valence-corrected chi connectivity index (χ0v) is 49.5. The van der Waals surface area contributed by atoms with Crippen LogP contribution in [0.3, 0.4) is 0 Å². The van der Waals surface area contributed by atoms with E-state index in [1.54, 1.807) is 0 Å². The minimum absolute atomic E-state index is 0.103. The second-order valence-corrected chi connectivity index (χ2v) is 20.6. The Morgan fingerprint density at radius 3 is 0.842 bits per heavy atom. The molecule has 0 aromatic heterocycles. The van der Waals surface area contributed by atoms with E-state index in [2.05, 4.69) is 142 Å². The summed E-state index contributed by atoms with van der Waals surface area (Å²) in [6, 6.07) is 0. The van der Waals surface area contributed by atoms with Gasteiger partial charge >= 0.3 is 17.9 Å². The van der Waals surface area contributed by atoms with Gasteiger partial charge in [-0.15, -0.1) is 0 Å². The maximum Gasteiger partial charge on any atom is 0.306 e. The van der Waals surface area contributed by atoms with Crippen molar-refractivity contribution in [1.29, 1.82) is 0 Å². The lowest BCUT2D eigenvalue weighted by molar-refractivity contribution is -0.167. The van der Waals surface area contributed by atoms with Crippen LogP contribution in [-0.2, 0) is 28.6 Å². The smallest absolute Gasteiger partial charge is 0.306 e. The van der Waals surface area contributed by atoms with Crippen molar-refractivity contribution in [2.24, 2.45) is 0 Å². The van der Waals surface area contributed by atoms with Crippen molar-refractivity contribution in [3.63, 3.8) is 0 Å². The van der Waals surface area contributed by atoms with Gasteiger partial charge in [0.2, 0.25) is 0 Å². The number of rotatable bonds is 56. The van der Waals surface area contributed by atoms with Crippen LogP contribution in [0.2, 0.25) is 0 Å². The normalized spacial score (nSPS) is 12.9. The molecule has 0 aliphatic heterocycles. The Balaban J connectivity index is 4.29. The summed E-state index contributed by atoms with van der Waals surface area (Å²) in [5.74, 6) is -0.967. The summed E-state index contributed by atoms with van der Waals surface area (Å²) in [6.07, 6.45) is 88.0. The van der Waals surface area contributed by atoms with Gasteiger partial charge in [0, 0.05) is 19.3 Å². The molecule has 0 saturated heterocycles. The SMILES string of the molecule is CC/C=C\C/C=C\C/C=C\C/C=C\C/C=C\C/C=C\C/C=C\CCCC(=O)OC(COC(=O)CCCCCCCCCC)COC(=O)CCCCCCCCCCCCCC/C=C\C/C=C\C/C=C\CCCCCCC. The number of allylic oxidation sites excluding steroid dienone is 20. The molecule has 0 spiro atoms. The molecule has 0 aliphatic rings. The molecule has 0 aromatic carbocycles. The standard InChI is InChI=1S/C70H116O6/c1-4-7-10-13-16-19-21-23-25-27-29-31-33-34-35-36-38-39-41-43-45-47-49-51-54-57-60-63-69(72)75-66-67(65-74-68(71)62-59-56-53-18-15-12-9-6-3)76-70(73)64-61-58-55-52-50-48-46-44-42-40-37-32-30-28-26-24-22-20-17-14-11-8-5-2/h8,11,17,20-21,23-24,26-27,29-30,32-34,40,42,46,48,52,55,67H,4-7,9-10,12-16,18-19,22,25,28,31,35-39,41,43-45,47,49-51,53-54,56-66H2,1-3H3/b11-8-,20-17-,23-21-,26-24-,29-27-,32-30-,34-33-,42-40-,48-46-,55-52-. The molecule has 6 nitrogen and oxygen atoms in total. The van der Waals surface area contributed by atoms with E-state index >= 15 is 0 Å². The first-order valence-electron chi connectivity index (χ1n) is 31.5. The molecule has 0 amide bonds. The lowest BCUT2D eigenvalue weighted by Crippen LogP contribution is -2.30. The fourth-order valence-corrected chi connectivity index (χ4v) is 8.50. The fourth-order valence-electron chi connectivity index (χ4n) is 8.50. The van der Waals surface area contributed by atoms with Gasteiger partial charge in [-0.25, -0.2) is 0 Å². The zero-order valence-electron chi connectivity index (χ0n) is 49.5. The van der Waals surface area contributed by atoms with Crippen LogP contribution in [0.25, 0.3) is 0 Å². The highest BCUT2D eigenvalue weighted by Gasteiger charge is 2.19. The van der Waals surface area contributed by atoms with Crippen molar-refractivity contribution in [3.05, 3.63) is 122 Å². The molecular formula is C70H116O6. The van der Waals surface area contributed by atoms with Crippen molar-refractivity contribution in [3.8, 4) is 0 Å². The zero-order chi connectivity index (χ0) is 55.0. The molecule has 0 N–H and O–H groups in total. The fraction of sp³-hybridized carbons (Fsp3) is 0.671. The number of ether oxygens (including phenoxy) is 3. The Morgan fingerprint density at radius 2 is 0.526 bits per heavy atom. The third kappa shape index (κ3) is 60.7. The average Bonchev–Trinajstić information content (AvgIpc) is 3.42. The molecule has 1 unspecified atom stereocenters. The lowest BCUT2D eigenvalue weighted by atomic mass is 10.0. The van der Waals surface area contributed by atoms with Crippen molar-refractivity contribution >= 4 is 17.9 Å². The third-order valence-electron chi connectivity index (χ3n) is 13.2. The molecule has 0 radical (unpaired) electrons. The van der Waals surface area contributed by atoms with Crippen LogP contribution < -0.4 is 0 Å². The van der Waals surface area contributed by atoms with E-state index in [0.29, 0.717) is 19.3 Å². The quantitative estimate of drug-likeness (QED) is 0.0261. The summed E-state index contributed by atoms with van der Waals surface area (Å²) < 4.78 is 16.8. The molecule has 0 bridgehead atoms. The van der Waals surface area contributed by atoms with E-state index in [1.807, 2.05) is 0 Å². The number of hydrogen-bond donors (Lipinski definition) is 0. The van der Waals surface area contributed by atoms with Gasteiger partial charge in [-0.1, -0.05) is 277 Å². The lowest BCUT2D eigenvalue weighted by Gasteiger charge is -2.18. The van der Waals surface area contributed by atoms with Gasteiger partial charge in [0.25, 0.3) is 0 Å².